The van der Waals surface area contributed by atoms with Crippen molar-refractivity contribution in [3.63, 3.8) is 0 Å². The van der Waals surface area contributed by atoms with Crippen molar-refractivity contribution in [1.29, 1.82) is 0 Å². The lowest BCUT2D eigenvalue weighted by Gasteiger charge is -2.16. The highest BCUT2D eigenvalue weighted by atomic mass is 16.2. The Morgan fingerprint density at radius 3 is 2.64 bits per heavy atom. The summed E-state index contributed by atoms with van der Waals surface area (Å²) in [5.41, 5.74) is 3.67. The molecule has 2 N–H and O–H groups in total. The fraction of sp³-hybridized carbons (Fsp3) is 0.333. The van der Waals surface area contributed by atoms with Crippen LogP contribution in [0.5, 0.6) is 0 Å². The lowest BCUT2D eigenvalue weighted by atomic mass is 9.95. The number of carbonyl (C=O) groups is 1. The monoisotopic (exact) mass is 333 g/mol. The van der Waals surface area contributed by atoms with Gasteiger partial charge in [-0.25, -0.2) is 0 Å². The van der Waals surface area contributed by atoms with Crippen molar-refractivity contribution in [2.75, 3.05) is 5.32 Å². The number of aromatic nitrogens is 2. The molecule has 0 bridgehead atoms. The number of carbonyl (C=O) groups excluding carboxylic acids is 1. The Hall–Kier alpha value is -2.62. The third kappa shape index (κ3) is 2.93. The molecule has 25 heavy (non-hydrogen) atoms. The van der Waals surface area contributed by atoms with E-state index in [-0.39, 0.29) is 11.3 Å². The molecule has 0 spiro atoms. The number of nitrogens with one attached hydrogen (secondary N) is 2. The van der Waals surface area contributed by atoms with Crippen LogP contribution in [0.2, 0.25) is 0 Å². The number of anilines is 1. The summed E-state index contributed by atoms with van der Waals surface area (Å²) in [4.78, 5) is 12.9. The van der Waals surface area contributed by atoms with Crippen molar-refractivity contribution >= 4 is 22.5 Å². The second-order valence-corrected chi connectivity index (χ2v) is 7.43. The fourth-order valence-electron chi connectivity index (χ4n) is 3.48. The van der Waals surface area contributed by atoms with Crippen LogP contribution in [0, 0.1) is 5.92 Å². The lowest BCUT2D eigenvalue weighted by molar-refractivity contribution is -0.118. The number of rotatable bonds is 5. The first-order chi connectivity index (χ1) is 12.1. The van der Waals surface area contributed by atoms with Crippen LogP contribution < -0.4 is 5.32 Å². The summed E-state index contributed by atoms with van der Waals surface area (Å²) in [6.07, 6.45) is 2.77. The highest BCUT2D eigenvalue weighted by Crippen LogP contribution is 2.49. The number of amides is 1. The molecular formula is C21H23N3O. The van der Waals surface area contributed by atoms with Gasteiger partial charge in [0.05, 0.1) is 10.9 Å². The van der Waals surface area contributed by atoms with Gasteiger partial charge in [-0.05, 0) is 48.9 Å². The molecule has 128 valence electrons. The van der Waals surface area contributed by atoms with E-state index in [4.69, 9.17) is 0 Å². The summed E-state index contributed by atoms with van der Waals surface area (Å²) in [6, 6.07) is 16.0. The maximum Gasteiger partial charge on any atom is 0.235 e. The van der Waals surface area contributed by atoms with Crippen LogP contribution in [0.25, 0.3) is 10.9 Å². The summed E-state index contributed by atoms with van der Waals surface area (Å²) in [6.45, 7) is 4.38. The smallest absolute Gasteiger partial charge is 0.235 e. The van der Waals surface area contributed by atoms with Crippen molar-refractivity contribution in [3.05, 3.63) is 59.8 Å². The lowest BCUT2D eigenvalue weighted by Crippen LogP contribution is -2.27. The summed E-state index contributed by atoms with van der Waals surface area (Å²) in [5.74, 6) is 0.640. The van der Waals surface area contributed by atoms with Gasteiger partial charge < -0.3 is 5.32 Å². The first kappa shape index (κ1) is 15.9. The molecule has 1 aromatic heterocycles. The van der Waals surface area contributed by atoms with Crippen LogP contribution in [-0.4, -0.2) is 16.1 Å². The number of hydrogen-bond donors (Lipinski definition) is 2. The molecule has 1 aliphatic rings. The molecule has 3 aromatic rings. The number of aromatic amines is 1. The van der Waals surface area contributed by atoms with Gasteiger partial charge in [0, 0.05) is 16.8 Å². The van der Waals surface area contributed by atoms with Crippen molar-refractivity contribution in [2.24, 2.45) is 5.92 Å². The molecule has 4 heteroatoms. The van der Waals surface area contributed by atoms with Crippen LogP contribution in [0.1, 0.15) is 37.9 Å². The van der Waals surface area contributed by atoms with Crippen LogP contribution in [-0.2, 0) is 16.6 Å². The van der Waals surface area contributed by atoms with Gasteiger partial charge in [-0.1, -0.05) is 44.2 Å². The topological polar surface area (TPSA) is 57.8 Å². The van der Waals surface area contributed by atoms with E-state index >= 15 is 0 Å². The van der Waals surface area contributed by atoms with Crippen molar-refractivity contribution in [3.8, 4) is 0 Å². The van der Waals surface area contributed by atoms with Crippen LogP contribution in [0.15, 0.2) is 48.5 Å². The second kappa shape index (κ2) is 6.03. The highest BCUT2D eigenvalue weighted by Gasteiger charge is 2.51. The Labute approximate surface area is 147 Å². The van der Waals surface area contributed by atoms with Crippen LogP contribution >= 0.6 is 0 Å². The summed E-state index contributed by atoms with van der Waals surface area (Å²) in [7, 11) is 0. The molecular weight excluding hydrogens is 310 g/mol. The maximum absolute atomic E-state index is 12.9. The predicted molar refractivity (Wildman–Crippen MR) is 101 cm³/mol. The molecule has 1 fully saturated rings. The van der Waals surface area contributed by atoms with E-state index in [0.29, 0.717) is 5.92 Å². The Morgan fingerprint density at radius 2 is 1.96 bits per heavy atom. The largest absolute Gasteiger partial charge is 0.325 e. The fourth-order valence-corrected chi connectivity index (χ4v) is 3.48. The molecule has 0 unspecified atom stereocenters. The number of benzene rings is 2. The third-order valence-corrected chi connectivity index (χ3v) is 5.01. The van der Waals surface area contributed by atoms with E-state index in [1.807, 2.05) is 48.5 Å². The van der Waals surface area contributed by atoms with Gasteiger partial charge in [0.2, 0.25) is 5.91 Å². The van der Waals surface area contributed by atoms with Gasteiger partial charge in [-0.2, -0.15) is 5.10 Å². The molecule has 0 aliphatic heterocycles. The van der Waals surface area contributed by atoms with Gasteiger partial charge in [-0.15, -0.1) is 0 Å². The standard InChI is InChI=1S/C21H23N3O/c1-14(2)12-19-17-13-16(8-9-18(17)23-24-19)22-20(25)21(10-11-21)15-6-4-3-5-7-15/h3-9,13-14H,10-12H2,1-2H3,(H,22,25)(H,23,24). The van der Waals surface area contributed by atoms with E-state index in [1.54, 1.807) is 0 Å². The minimum atomic E-state index is -0.354. The number of hydrogen-bond acceptors (Lipinski definition) is 2. The summed E-state index contributed by atoms with van der Waals surface area (Å²) < 4.78 is 0. The second-order valence-electron chi connectivity index (χ2n) is 7.43. The van der Waals surface area contributed by atoms with Crippen molar-refractivity contribution in [2.45, 2.75) is 38.5 Å². The highest BCUT2D eigenvalue weighted by molar-refractivity contribution is 6.02. The quantitative estimate of drug-likeness (QED) is 0.725. The summed E-state index contributed by atoms with van der Waals surface area (Å²) >= 11 is 0. The predicted octanol–water partition coefficient (Wildman–Crippen LogP) is 4.43. The van der Waals surface area contributed by atoms with E-state index < -0.39 is 0 Å². The molecule has 1 saturated carbocycles. The van der Waals surface area contributed by atoms with Gasteiger partial charge in [0.25, 0.3) is 0 Å². The first-order valence-electron chi connectivity index (χ1n) is 8.92. The minimum Gasteiger partial charge on any atom is -0.325 e. The van der Waals surface area contributed by atoms with Gasteiger partial charge in [0.1, 0.15) is 0 Å². The number of nitrogens with zero attached hydrogens (tertiary/aromatic N) is 1. The van der Waals surface area contributed by atoms with Crippen molar-refractivity contribution < 1.29 is 4.79 Å². The van der Waals surface area contributed by atoms with Gasteiger partial charge in [0.15, 0.2) is 0 Å². The Morgan fingerprint density at radius 1 is 1.20 bits per heavy atom. The van der Waals surface area contributed by atoms with E-state index in [9.17, 15) is 4.79 Å². The average molecular weight is 333 g/mol. The van der Waals surface area contributed by atoms with Crippen molar-refractivity contribution in [1.82, 2.24) is 10.2 Å². The van der Waals surface area contributed by atoms with E-state index in [0.717, 1.165) is 47.1 Å². The Balaban J connectivity index is 1.59. The molecule has 1 amide bonds. The molecule has 0 atom stereocenters. The zero-order valence-electron chi connectivity index (χ0n) is 14.7. The van der Waals surface area contributed by atoms with E-state index in [2.05, 4.69) is 29.4 Å². The van der Waals surface area contributed by atoms with Crippen LogP contribution in [0.4, 0.5) is 5.69 Å². The van der Waals surface area contributed by atoms with Gasteiger partial charge >= 0.3 is 0 Å². The zero-order chi connectivity index (χ0) is 17.4. The number of fused-ring (bicyclic) bond motifs is 1. The first-order valence-corrected chi connectivity index (χ1v) is 8.92. The maximum atomic E-state index is 12.9. The molecule has 0 radical (unpaired) electrons. The zero-order valence-corrected chi connectivity index (χ0v) is 14.7. The Kier molecular flexibility index (Phi) is 3.83. The molecule has 4 nitrogen and oxygen atoms in total. The Bertz CT molecular complexity index is 907. The average Bonchev–Trinajstić information content (AvgIpc) is 3.34. The van der Waals surface area contributed by atoms with Crippen LogP contribution in [0.3, 0.4) is 0 Å². The molecule has 0 saturated heterocycles. The van der Waals surface area contributed by atoms with Gasteiger partial charge in [-0.3, -0.25) is 9.89 Å². The number of H-pyrrole nitrogens is 1. The normalized spacial score (nSPS) is 15.5. The molecule has 2 aromatic carbocycles. The molecule has 1 aliphatic carbocycles. The SMILES string of the molecule is CC(C)Cc1[nH]nc2ccc(NC(=O)C3(c4ccccc4)CC3)cc12. The van der Waals surface area contributed by atoms with E-state index in [1.165, 1.54) is 0 Å². The minimum absolute atomic E-state index is 0.0898. The summed E-state index contributed by atoms with van der Waals surface area (Å²) in [5, 5.41) is 11.7. The molecule has 4 rings (SSSR count). The third-order valence-electron chi connectivity index (χ3n) is 5.01. The molecule has 1 heterocycles.